The van der Waals surface area contributed by atoms with Gasteiger partial charge in [0.2, 0.25) is 0 Å². The van der Waals surface area contributed by atoms with Gasteiger partial charge in [0, 0.05) is 0 Å². The van der Waals surface area contributed by atoms with E-state index in [1.165, 1.54) is 0 Å². The third-order valence-electron chi connectivity index (χ3n) is 1.74. The number of halogens is 2. The summed E-state index contributed by atoms with van der Waals surface area (Å²) in [6.45, 7) is 4.34. The molecule has 2 unspecified atom stereocenters. The Balaban J connectivity index is 2.49. The molecule has 0 aromatic rings. The fourth-order valence-corrected chi connectivity index (χ4v) is 4.23. The van der Waals surface area contributed by atoms with Crippen molar-refractivity contribution in [1.29, 1.82) is 0 Å². The first-order valence-corrected chi connectivity index (χ1v) is 7.46. The standard InChI is InChI=1S/C6H12Cl2OSi/c1-10(2)4-3-5(7)6(8)9-10/h5-6H,3-4H2,1-2H3. The van der Waals surface area contributed by atoms with Crippen LogP contribution in [-0.2, 0) is 4.43 Å². The first kappa shape index (κ1) is 8.85. The summed E-state index contributed by atoms with van der Waals surface area (Å²) in [6.07, 6.45) is 1.01. The molecule has 0 radical (unpaired) electrons. The van der Waals surface area contributed by atoms with Crippen molar-refractivity contribution in [2.45, 2.75) is 36.5 Å². The summed E-state index contributed by atoms with van der Waals surface area (Å²) in [5.41, 5.74) is -0.253. The van der Waals surface area contributed by atoms with Crippen LogP contribution in [0, 0.1) is 0 Å². The van der Waals surface area contributed by atoms with Crippen LogP contribution in [0.15, 0.2) is 0 Å². The van der Waals surface area contributed by atoms with Gasteiger partial charge in [-0.2, -0.15) is 0 Å². The molecule has 1 nitrogen and oxygen atoms in total. The van der Waals surface area contributed by atoms with Gasteiger partial charge in [0.05, 0.1) is 5.38 Å². The number of hydrogen-bond donors (Lipinski definition) is 0. The molecular weight excluding hydrogens is 187 g/mol. The molecule has 0 aliphatic carbocycles. The fraction of sp³-hybridized carbons (Fsp3) is 1.00. The summed E-state index contributed by atoms with van der Waals surface area (Å²) >= 11 is 11.7. The average Bonchev–Trinajstić information content (AvgIpc) is 1.79. The zero-order valence-corrected chi connectivity index (χ0v) is 8.74. The minimum atomic E-state index is -1.41. The molecule has 0 amide bonds. The fourth-order valence-electron chi connectivity index (χ4n) is 1.05. The molecule has 0 saturated carbocycles. The molecule has 60 valence electrons. The lowest BCUT2D eigenvalue weighted by molar-refractivity contribution is 0.240. The third kappa shape index (κ3) is 2.12. The van der Waals surface area contributed by atoms with Crippen LogP contribution in [-0.4, -0.2) is 19.3 Å². The van der Waals surface area contributed by atoms with Gasteiger partial charge in [0.25, 0.3) is 0 Å². The molecule has 0 aromatic carbocycles. The zero-order valence-electron chi connectivity index (χ0n) is 6.23. The van der Waals surface area contributed by atoms with E-state index in [0.717, 1.165) is 12.5 Å². The Hall–Kier alpha value is 0.757. The van der Waals surface area contributed by atoms with E-state index in [1.54, 1.807) is 0 Å². The van der Waals surface area contributed by atoms with Gasteiger partial charge in [-0.1, -0.05) is 11.6 Å². The van der Waals surface area contributed by atoms with Gasteiger partial charge in [0.1, 0.15) is 5.56 Å². The Bertz CT molecular complexity index is 129. The second-order valence-corrected chi connectivity index (χ2v) is 8.53. The molecule has 0 N–H and O–H groups in total. The van der Waals surface area contributed by atoms with Crippen LogP contribution >= 0.6 is 23.2 Å². The maximum absolute atomic E-state index is 5.86. The summed E-state index contributed by atoms with van der Waals surface area (Å²) in [7, 11) is -1.41. The van der Waals surface area contributed by atoms with Gasteiger partial charge in [-0.25, -0.2) is 0 Å². The highest BCUT2D eigenvalue weighted by atomic mass is 35.5. The lowest BCUT2D eigenvalue weighted by Gasteiger charge is -2.34. The van der Waals surface area contributed by atoms with E-state index in [2.05, 4.69) is 13.1 Å². The van der Waals surface area contributed by atoms with Crippen LogP contribution < -0.4 is 0 Å². The number of alkyl halides is 2. The van der Waals surface area contributed by atoms with E-state index in [-0.39, 0.29) is 10.9 Å². The molecule has 1 saturated heterocycles. The van der Waals surface area contributed by atoms with Crippen LogP contribution in [0.1, 0.15) is 6.42 Å². The van der Waals surface area contributed by atoms with E-state index in [9.17, 15) is 0 Å². The van der Waals surface area contributed by atoms with Crippen molar-refractivity contribution in [2.24, 2.45) is 0 Å². The second kappa shape index (κ2) is 3.01. The van der Waals surface area contributed by atoms with Crippen molar-refractivity contribution >= 4 is 31.5 Å². The van der Waals surface area contributed by atoms with Crippen LogP contribution in [0.25, 0.3) is 0 Å². The SMILES string of the molecule is C[Si]1(C)CCC(Cl)C(Cl)O1. The van der Waals surface area contributed by atoms with Crippen LogP contribution in [0.2, 0.25) is 19.1 Å². The molecule has 0 aromatic heterocycles. The normalized spacial score (nSPS) is 39.6. The van der Waals surface area contributed by atoms with Crippen molar-refractivity contribution < 1.29 is 4.43 Å². The van der Waals surface area contributed by atoms with Crippen molar-refractivity contribution in [3.05, 3.63) is 0 Å². The Morgan fingerprint density at radius 3 is 2.40 bits per heavy atom. The highest BCUT2D eigenvalue weighted by Gasteiger charge is 2.35. The first-order valence-electron chi connectivity index (χ1n) is 3.47. The molecule has 1 rings (SSSR count). The molecule has 1 aliphatic rings. The monoisotopic (exact) mass is 198 g/mol. The minimum Gasteiger partial charge on any atom is -0.400 e. The molecule has 1 heterocycles. The second-order valence-electron chi connectivity index (χ2n) is 3.28. The molecule has 0 bridgehead atoms. The van der Waals surface area contributed by atoms with Gasteiger partial charge >= 0.3 is 0 Å². The summed E-state index contributed by atoms with van der Waals surface area (Å²) in [4.78, 5) is 0. The summed E-state index contributed by atoms with van der Waals surface area (Å²) < 4.78 is 5.56. The van der Waals surface area contributed by atoms with E-state index in [4.69, 9.17) is 27.6 Å². The van der Waals surface area contributed by atoms with Gasteiger partial charge in [-0.3, -0.25) is 0 Å². The van der Waals surface area contributed by atoms with E-state index < -0.39 is 8.32 Å². The highest BCUT2D eigenvalue weighted by molar-refractivity contribution is 6.72. The van der Waals surface area contributed by atoms with Crippen molar-refractivity contribution in [2.75, 3.05) is 0 Å². The molecule has 0 spiro atoms. The molecule has 2 atom stereocenters. The number of hydrogen-bond acceptors (Lipinski definition) is 1. The summed E-state index contributed by atoms with van der Waals surface area (Å²) in [5, 5.41) is 0.0159. The smallest absolute Gasteiger partial charge is 0.188 e. The Labute approximate surface area is 72.8 Å². The predicted molar refractivity (Wildman–Crippen MR) is 47.3 cm³/mol. The maximum atomic E-state index is 5.86. The first-order chi connectivity index (χ1) is 4.51. The highest BCUT2D eigenvalue weighted by Crippen LogP contribution is 2.30. The number of rotatable bonds is 0. The van der Waals surface area contributed by atoms with Gasteiger partial charge in [-0.05, 0) is 25.6 Å². The van der Waals surface area contributed by atoms with Crippen molar-refractivity contribution in [1.82, 2.24) is 0 Å². The summed E-state index contributed by atoms with van der Waals surface area (Å²) in [6, 6.07) is 1.13. The lowest BCUT2D eigenvalue weighted by atomic mass is 10.3. The minimum absolute atomic E-state index is 0.0159. The lowest BCUT2D eigenvalue weighted by Crippen LogP contribution is -2.42. The van der Waals surface area contributed by atoms with E-state index in [0.29, 0.717) is 0 Å². The van der Waals surface area contributed by atoms with Crippen molar-refractivity contribution in [3.63, 3.8) is 0 Å². The molecular formula is C6H12Cl2OSi. The zero-order chi connectivity index (χ0) is 7.78. The Morgan fingerprint density at radius 1 is 1.40 bits per heavy atom. The summed E-state index contributed by atoms with van der Waals surface area (Å²) in [5.74, 6) is 0. The quantitative estimate of drug-likeness (QED) is 0.430. The largest absolute Gasteiger partial charge is 0.400 e. The Morgan fingerprint density at radius 2 is 2.00 bits per heavy atom. The van der Waals surface area contributed by atoms with E-state index >= 15 is 0 Å². The topological polar surface area (TPSA) is 9.23 Å². The van der Waals surface area contributed by atoms with Crippen molar-refractivity contribution in [3.8, 4) is 0 Å². The van der Waals surface area contributed by atoms with Gasteiger partial charge < -0.3 is 4.43 Å². The van der Waals surface area contributed by atoms with Crippen LogP contribution in [0.5, 0.6) is 0 Å². The molecule has 4 heteroatoms. The molecule has 10 heavy (non-hydrogen) atoms. The van der Waals surface area contributed by atoms with E-state index in [1.807, 2.05) is 0 Å². The predicted octanol–water partition coefficient (Wildman–Crippen LogP) is 2.78. The average molecular weight is 199 g/mol. The third-order valence-corrected chi connectivity index (χ3v) is 5.24. The van der Waals surface area contributed by atoms with Crippen LogP contribution in [0.3, 0.4) is 0 Å². The Kier molecular flexibility index (Phi) is 2.67. The molecule has 1 aliphatic heterocycles. The van der Waals surface area contributed by atoms with Gasteiger partial charge in [0.15, 0.2) is 8.32 Å². The molecule has 1 fully saturated rings. The van der Waals surface area contributed by atoms with Crippen LogP contribution in [0.4, 0.5) is 0 Å². The maximum Gasteiger partial charge on any atom is 0.188 e. The van der Waals surface area contributed by atoms with Gasteiger partial charge in [-0.15, -0.1) is 11.6 Å².